The summed E-state index contributed by atoms with van der Waals surface area (Å²) in [5.41, 5.74) is 0.806. The predicted molar refractivity (Wildman–Crippen MR) is 85.5 cm³/mol. The number of nitrogens with one attached hydrogen (secondary N) is 2. The molecule has 0 bridgehead atoms. The van der Waals surface area contributed by atoms with Crippen molar-refractivity contribution in [1.82, 2.24) is 10.6 Å². The van der Waals surface area contributed by atoms with Crippen molar-refractivity contribution in [2.45, 2.75) is 37.8 Å². The van der Waals surface area contributed by atoms with Gasteiger partial charge in [-0.15, -0.1) is 0 Å². The van der Waals surface area contributed by atoms with E-state index in [0.29, 0.717) is 6.54 Å². The van der Waals surface area contributed by atoms with Crippen LogP contribution in [0.25, 0.3) is 0 Å². The minimum absolute atomic E-state index is 0.0144. The number of urea groups is 1. The summed E-state index contributed by atoms with van der Waals surface area (Å²) in [5, 5.41) is 15.1. The zero-order chi connectivity index (χ0) is 16.7. The van der Waals surface area contributed by atoms with Gasteiger partial charge in [0, 0.05) is 32.2 Å². The highest BCUT2D eigenvalue weighted by atomic mass is 19.1. The number of benzene rings is 1. The normalized spacial score (nSPS) is 22.4. The van der Waals surface area contributed by atoms with E-state index < -0.39 is 0 Å². The average Bonchev–Trinajstić information content (AvgIpc) is 2.57. The zero-order valence-electron chi connectivity index (χ0n) is 13.4. The number of methoxy groups -OCH3 is 1. The molecule has 1 aromatic rings. The van der Waals surface area contributed by atoms with Crippen LogP contribution in [0.5, 0.6) is 0 Å². The molecule has 0 heterocycles. The molecule has 128 valence electrons. The fourth-order valence-corrected chi connectivity index (χ4v) is 3.04. The van der Waals surface area contributed by atoms with E-state index in [1.807, 2.05) is 0 Å². The first-order valence-corrected chi connectivity index (χ1v) is 8.07. The van der Waals surface area contributed by atoms with E-state index in [4.69, 9.17) is 4.74 Å². The molecule has 1 aliphatic carbocycles. The molecule has 3 N–H and O–H groups in total. The van der Waals surface area contributed by atoms with E-state index in [0.717, 1.165) is 31.2 Å². The predicted octanol–water partition coefficient (Wildman–Crippen LogP) is 2.36. The van der Waals surface area contributed by atoms with Crippen LogP contribution in [0, 0.1) is 11.7 Å². The van der Waals surface area contributed by atoms with Crippen LogP contribution in [0.3, 0.4) is 0 Å². The van der Waals surface area contributed by atoms with Gasteiger partial charge < -0.3 is 20.5 Å². The number of aliphatic hydroxyl groups is 1. The first kappa shape index (κ1) is 17.7. The molecule has 0 aromatic heterocycles. The van der Waals surface area contributed by atoms with Crippen molar-refractivity contribution in [2.75, 3.05) is 20.3 Å². The Hall–Kier alpha value is -1.66. The Morgan fingerprint density at radius 1 is 1.35 bits per heavy atom. The lowest BCUT2D eigenvalue weighted by molar-refractivity contribution is 0.103. The second kappa shape index (κ2) is 8.84. The number of aliphatic hydroxyl groups excluding tert-OH is 1. The van der Waals surface area contributed by atoms with Crippen molar-refractivity contribution < 1.29 is 19.0 Å². The van der Waals surface area contributed by atoms with Gasteiger partial charge in [-0.2, -0.15) is 0 Å². The number of hydrogen-bond acceptors (Lipinski definition) is 3. The van der Waals surface area contributed by atoms with Crippen LogP contribution < -0.4 is 10.6 Å². The zero-order valence-corrected chi connectivity index (χ0v) is 13.4. The van der Waals surface area contributed by atoms with Gasteiger partial charge in [-0.3, -0.25) is 0 Å². The molecule has 0 aliphatic heterocycles. The molecule has 0 spiro atoms. The summed E-state index contributed by atoms with van der Waals surface area (Å²) in [7, 11) is 1.55. The number of amides is 2. The second-order valence-electron chi connectivity index (χ2n) is 5.96. The first-order valence-electron chi connectivity index (χ1n) is 8.07. The Morgan fingerprint density at radius 2 is 2.04 bits per heavy atom. The van der Waals surface area contributed by atoms with Gasteiger partial charge in [0.1, 0.15) is 5.82 Å². The summed E-state index contributed by atoms with van der Waals surface area (Å²) in [4.78, 5) is 12.1. The fraction of sp³-hybridized carbons (Fsp3) is 0.588. The van der Waals surface area contributed by atoms with Gasteiger partial charge >= 0.3 is 6.03 Å². The summed E-state index contributed by atoms with van der Waals surface area (Å²) in [6.07, 6.45) is 3.67. The second-order valence-corrected chi connectivity index (χ2v) is 5.96. The third kappa shape index (κ3) is 5.18. The van der Waals surface area contributed by atoms with Crippen molar-refractivity contribution in [2.24, 2.45) is 5.92 Å². The quantitative estimate of drug-likeness (QED) is 0.752. The molecule has 1 saturated carbocycles. The minimum Gasteiger partial charge on any atom is -0.396 e. The van der Waals surface area contributed by atoms with Crippen molar-refractivity contribution >= 4 is 6.03 Å². The highest BCUT2D eigenvalue weighted by Gasteiger charge is 2.26. The lowest BCUT2D eigenvalue weighted by Gasteiger charge is -2.31. The van der Waals surface area contributed by atoms with Gasteiger partial charge in [0.05, 0.1) is 6.10 Å². The van der Waals surface area contributed by atoms with Gasteiger partial charge in [0.25, 0.3) is 0 Å². The van der Waals surface area contributed by atoms with Gasteiger partial charge in [-0.05, 0) is 30.5 Å². The number of carbonyl (C=O) groups is 1. The molecule has 1 aromatic carbocycles. The maximum Gasteiger partial charge on any atom is 0.315 e. The lowest BCUT2D eigenvalue weighted by Crippen LogP contribution is -2.48. The molecule has 0 saturated heterocycles. The van der Waals surface area contributed by atoms with Crippen LogP contribution in [-0.2, 0) is 4.74 Å². The molecule has 2 rings (SSSR count). The van der Waals surface area contributed by atoms with E-state index in [1.54, 1.807) is 19.2 Å². The van der Waals surface area contributed by atoms with E-state index >= 15 is 0 Å². The smallest absolute Gasteiger partial charge is 0.315 e. The number of ether oxygens (including phenoxy) is 1. The van der Waals surface area contributed by atoms with Crippen LogP contribution in [0.15, 0.2) is 24.3 Å². The van der Waals surface area contributed by atoms with Gasteiger partial charge in [0.2, 0.25) is 0 Å². The van der Waals surface area contributed by atoms with Crippen LogP contribution in [0.1, 0.15) is 37.4 Å². The average molecular weight is 324 g/mol. The van der Waals surface area contributed by atoms with Gasteiger partial charge in [-0.25, -0.2) is 9.18 Å². The van der Waals surface area contributed by atoms with Crippen molar-refractivity contribution in [1.29, 1.82) is 0 Å². The highest BCUT2D eigenvalue weighted by Crippen LogP contribution is 2.24. The number of hydrogen-bond donors (Lipinski definition) is 3. The van der Waals surface area contributed by atoms with Gasteiger partial charge in [-0.1, -0.05) is 25.0 Å². The van der Waals surface area contributed by atoms with Crippen LogP contribution in [0.4, 0.5) is 9.18 Å². The molecule has 1 fully saturated rings. The van der Waals surface area contributed by atoms with Crippen molar-refractivity contribution in [3.63, 3.8) is 0 Å². The summed E-state index contributed by atoms with van der Waals surface area (Å²) >= 11 is 0. The molecular formula is C17H25FN2O3. The first-order chi connectivity index (χ1) is 11.1. The molecule has 23 heavy (non-hydrogen) atoms. The third-order valence-electron chi connectivity index (χ3n) is 4.43. The molecule has 0 radical (unpaired) electrons. The lowest BCUT2D eigenvalue weighted by atomic mass is 9.85. The van der Waals surface area contributed by atoms with Crippen LogP contribution in [0.2, 0.25) is 0 Å². The van der Waals surface area contributed by atoms with Gasteiger partial charge in [0.15, 0.2) is 0 Å². The molecule has 2 amide bonds. The molecular weight excluding hydrogens is 299 g/mol. The van der Waals surface area contributed by atoms with Crippen molar-refractivity contribution in [3.8, 4) is 0 Å². The van der Waals surface area contributed by atoms with Crippen LogP contribution >= 0.6 is 0 Å². The molecule has 0 unspecified atom stereocenters. The van der Waals surface area contributed by atoms with E-state index in [2.05, 4.69) is 10.6 Å². The van der Waals surface area contributed by atoms with E-state index in [1.165, 1.54) is 12.1 Å². The molecule has 3 atom stereocenters. The summed E-state index contributed by atoms with van der Waals surface area (Å²) in [6, 6.07) is 5.78. The molecule has 5 nitrogen and oxygen atoms in total. The Bertz CT molecular complexity index is 495. The van der Waals surface area contributed by atoms with Crippen LogP contribution in [-0.4, -0.2) is 37.4 Å². The Balaban J connectivity index is 1.83. The SMILES string of the molecule is CO[C@H](CNC(=O)N[C@@H]1CCCC[C@@H]1CO)c1ccc(F)cc1. The Labute approximate surface area is 136 Å². The van der Waals surface area contributed by atoms with E-state index in [-0.39, 0.29) is 36.5 Å². The number of halogens is 1. The fourth-order valence-electron chi connectivity index (χ4n) is 3.04. The number of carbonyl (C=O) groups excluding carboxylic acids is 1. The van der Waals surface area contributed by atoms with E-state index in [9.17, 15) is 14.3 Å². The standard InChI is InChI=1S/C17H25FN2O3/c1-23-16(12-6-8-14(18)9-7-12)10-19-17(22)20-15-5-3-2-4-13(15)11-21/h6-9,13,15-16,21H,2-5,10-11H2,1H3,(H2,19,20,22)/t13-,15-,16-/m1/s1. The highest BCUT2D eigenvalue weighted by molar-refractivity contribution is 5.74. The summed E-state index contributed by atoms with van der Waals surface area (Å²) in [6.45, 7) is 0.395. The molecule has 1 aliphatic rings. The third-order valence-corrected chi connectivity index (χ3v) is 4.43. The Kier molecular flexibility index (Phi) is 6.80. The number of rotatable bonds is 6. The minimum atomic E-state index is -0.332. The monoisotopic (exact) mass is 324 g/mol. The topological polar surface area (TPSA) is 70.6 Å². The Morgan fingerprint density at radius 3 is 2.70 bits per heavy atom. The molecule has 6 heteroatoms. The maximum atomic E-state index is 13.0. The van der Waals surface area contributed by atoms with Crippen molar-refractivity contribution in [3.05, 3.63) is 35.6 Å². The summed E-state index contributed by atoms with van der Waals surface area (Å²) in [5.74, 6) is -0.175. The largest absolute Gasteiger partial charge is 0.396 e. The maximum absolute atomic E-state index is 13.0. The summed E-state index contributed by atoms with van der Waals surface area (Å²) < 4.78 is 18.3.